The monoisotopic (exact) mass is 223 g/mol. The van der Waals surface area contributed by atoms with Crippen molar-refractivity contribution >= 4 is 0 Å². The largest absolute Gasteiger partial charge is 0.508 e. The quantitative estimate of drug-likeness (QED) is 0.795. The standard InChI is InChI=1S/C12H17NO3/c1-8-5-11(15-2)9(6-10(8)14)12-7-13-3-4-16-12/h5-6,12-14H,3-4,7H2,1-2H3. The van der Waals surface area contributed by atoms with E-state index in [1.54, 1.807) is 13.2 Å². The van der Waals surface area contributed by atoms with Crippen LogP contribution in [0.2, 0.25) is 0 Å². The Hall–Kier alpha value is -1.26. The van der Waals surface area contributed by atoms with Gasteiger partial charge in [0, 0.05) is 18.7 Å². The number of hydrogen-bond acceptors (Lipinski definition) is 4. The van der Waals surface area contributed by atoms with Crippen molar-refractivity contribution in [2.24, 2.45) is 0 Å². The minimum Gasteiger partial charge on any atom is -0.508 e. The summed E-state index contributed by atoms with van der Waals surface area (Å²) in [5.41, 5.74) is 1.71. The Balaban J connectivity index is 2.33. The van der Waals surface area contributed by atoms with Gasteiger partial charge < -0.3 is 19.9 Å². The number of nitrogens with one attached hydrogen (secondary N) is 1. The third kappa shape index (κ3) is 2.13. The van der Waals surface area contributed by atoms with Crippen molar-refractivity contribution in [3.63, 3.8) is 0 Å². The van der Waals surface area contributed by atoms with Crippen LogP contribution < -0.4 is 10.1 Å². The Bertz CT molecular complexity index is 373. The summed E-state index contributed by atoms with van der Waals surface area (Å²) in [7, 11) is 1.63. The van der Waals surface area contributed by atoms with Gasteiger partial charge in [0.2, 0.25) is 0 Å². The molecule has 0 radical (unpaired) electrons. The second-order valence-corrected chi connectivity index (χ2v) is 3.94. The first-order valence-electron chi connectivity index (χ1n) is 5.42. The van der Waals surface area contributed by atoms with Crippen LogP contribution in [0.4, 0.5) is 0 Å². The molecule has 88 valence electrons. The third-order valence-electron chi connectivity index (χ3n) is 2.82. The molecular formula is C12H17NO3. The van der Waals surface area contributed by atoms with E-state index in [2.05, 4.69) is 5.32 Å². The smallest absolute Gasteiger partial charge is 0.125 e. The molecule has 0 bridgehead atoms. The molecule has 1 heterocycles. The van der Waals surface area contributed by atoms with E-state index in [9.17, 15) is 5.11 Å². The zero-order valence-corrected chi connectivity index (χ0v) is 9.62. The van der Waals surface area contributed by atoms with Crippen molar-refractivity contribution in [1.29, 1.82) is 0 Å². The van der Waals surface area contributed by atoms with E-state index < -0.39 is 0 Å². The number of benzene rings is 1. The molecule has 4 heteroatoms. The topological polar surface area (TPSA) is 50.7 Å². The first kappa shape index (κ1) is 11.2. The van der Waals surface area contributed by atoms with E-state index in [1.807, 2.05) is 13.0 Å². The fourth-order valence-corrected chi connectivity index (χ4v) is 1.88. The third-order valence-corrected chi connectivity index (χ3v) is 2.82. The normalized spacial score (nSPS) is 20.8. The molecule has 0 aromatic heterocycles. The van der Waals surface area contributed by atoms with Gasteiger partial charge in [-0.25, -0.2) is 0 Å². The zero-order chi connectivity index (χ0) is 11.5. The van der Waals surface area contributed by atoms with Crippen molar-refractivity contribution in [3.05, 3.63) is 23.3 Å². The minimum absolute atomic E-state index is 0.0461. The summed E-state index contributed by atoms with van der Waals surface area (Å²) in [5.74, 6) is 1.05. The Morgan fingerprint density at radius 2 is 2.31 bits per heavy atom. The van der Waals surface area contributed by atoms with Gasteiger partial charge in [0.05, 0.1) is 19.8 Å². The van der Waals surface area contributed by atoms with Crippen molar-refractivity contribution in [1.82, 2.24) is 5.32 Å². The van der Waals surface area contributed by atoms with Crippen molar-refractivity contribution in [2.45, 2.75) is 13.0 Å². The van der Waals surface area contributed by atoms with Crippen LogP contribution >= 0.6 is 0 Å². The molecule has 16 heavy (non-hydrogen) atoms. The van der Waals surface area contributed by atoms with Crippen LogP contribution in [0.25, 0.3) is 0 Å². The van der Waals surface area contributed by atoms with Crippen molar-refractivity contribution in [2.75, 3.05) is 26.8 Å². The lowest BCUT2D eigenvalue weighted by Crippen LogP contribution is -2.33. The molecule has 2 rings (SSSR count). The van der Waals surface area contributed by atoms with Crippen LogP contribution in [0.1, 0.15) is 17.2 Å². The zero-order valence-electron chi connectivity index (χ0n) is 9.62. The number of rotatable bonds is 2. The first-order valence-corrected chi connectivity index (χ1v) is 5.42. The average molecular weight is 223 g/mol. The number of methoxy groups -OCH3 is 1. The molecule has 4 nitrogen and oxygen atoms in total. The number of ether oxygens (including phenoxy) is 2. The first-order chi connectivity index (χ1) is 7.72. The van der Waals surface area contributed by atoms with E-state index in [4.69, 9.17) is 9.47 Å². The summed E-state index contributed by atoms with van der Waals surface area (Å²) in [4.78, 5) is 0. The van der Waals surface area contributed by atoms with Crippen LogP contribution in [-0.2, 0) is 4.74 Å². The Morgan fingerprint density at radius 3 is 2.94 bits per heavy atom. The van der Waals surface area contributed by atoms with Crippen LogP contribution in [0, 0.1) is 6.92 Å². The van der Waals surface area contributed by atoms with Crippen LogP contribution in [0.3, 0.4) is 0 Å². The molecule has 1 aromatic carbocycles. The van der Waals surface area contributed by atoms with Crippen LogP contribution in [-0.4, -0.2) is 31.9 Å². The van der Waals surface area contributed by atoms with Crippen molar-refractivity contribution < 1.29 is 14.6 Å². The molecule has 1 aliphatic heterocycles. The number of aromatic hydroxyl groups is 1. The molecular weight excluding hydrogens is 206 g/mol. The number of phenols is 1. The number of hydrogen-bond donors (Lipinski definition) is 2. The number of aryl methyl sites for hydroxylation is 1. The molecule has 1 aliphatic rings. The molecule has 1 aromatic rings. The fraction of sp³-hybridized carbons (Fsp3) is 0.500. The van der Waals surface area contributed by atoms with Gasteiger partial charge in [-0.3, -0.25) is 0 Å². The summed E-state index contributed by atoms with van der Waals surface area (Å²) in [6.07, 6.45) is -0.0461. The molecule has 2 N–H and O–H groups in total. The molecule has 1 atom stereocenters. The van der Waals surface area contributed by atoms with Gasteiger partial charge in [-0.15, -0.1) is 0 Å². The highest BCUT2D eigenvalue weighted by atomic mass is 16.5. The maximum Gasteiger partial charge on any atom is 0.125 e. The lowest BCUT2D eigenvalue weighted by molar-refractivity contribution is 0.0261. The van der Waals surface area contributed by atoms with Gasteiger partial charge in [0.15, 0.2) is 0 Å². The Labute approximate surface area is 95.2 Å². The molecule has 0 aliphatic carbocycles. The van der Waals surface area contributed by atoms with Gasteiger partial charge in [-0.1, -0.05) is 0 Å². The van der Waals surface area contributed by atoms with E-state index in [-0.39, 0.29) is 11.9 Å². The van der Waals surface area contributed by atoms with Gasteiger partial charge >= 0.3 is 0 Å². The predicted molar refractivity (Wildman–Crippen MR) is 61.0 cm³/mol. The van der Waals surface area contributed by atoms with Gasteiger partial charge in [0.25, 0.3) is 0 Å². The SMILES string of the molecule is COc1cc(C)c(O)cc1C1CNCCO1. The second kappa shape index (κ2) is 4.72. The maximum absolute atomic E-state index is 9.72. The van der Waals surface area contributed by atoms with E-state index >= 15 is 0 Å². The minimum atomic E-state index is -0.0461. The lowest BCUT2D eigenvalue weighted by Gasteiger charge is -2.25. The molecule has 1 saturated heterocycles. The van der Waals surface area contributed by atoms with E-state index in [1.165, 1.54) is 0 Å². The van der Waals surface area contributed by atoms with Gasteiger partial charge in [-0.2, -0.15) is 0 Å². The number of phenolic OH excluding ortho intramolecular Hbond substituents is 1. The average Bonchev–Trinajstić information content (AvgIpc) is 2.33. The highest BCUT2D eigenvalue weighted by Crippen LogP contribution is 2.33. The number of morpholine rings is 1. The van der Waals surface area contributed by atoms with Crippen LogP contribution in [0.5, 0.6) is 11.5 Å². The molecule has 0 amide bonds. The highest BCUT2D eigenvalue weighted by molar-refractivity contribution is 5.46. The highest BCUT2D eigenvalue weighted by Gasteiger charge is 2.20. The van der Waals surface area contributed by atoms with Gasteiger partial charge in [0.1, 0.15) is 11.5 Å². The molecule has 1 unspecified atom stereocenters. The van der Waals surface area contributed by atoms with E-state index in [0.29, 0.717) is 6.61 Å². The second-order valence-electron chi connectivity index (χ2n) is 3.94. The van der Waals surface area contributed by atoms with Crippen LogP contribution in [0.15, 0.2) is 12.1 Å². The fourth-order valence-electron chi connectivity index (χ4n) is 1.88. The lowest BCUT2D eigenvalue weighted by atomic mass is 10.0. The molecule has 0 spiro atoms. The van der Waals surface area contributed by atoms with Crippen molar-refractivity contribution in [3.8, 4) is 11.5 Å². The Kier molecular flexibility index (Phi) is 3.31. The summed E-state index contributed by atoms with van der Waals surface area (Å²) in [6.45, 7) is 4.15. The summed E-state index contributed by atoms with van der Waals surface area (Å²) < 4.78 is 11.0. The summed E-state index contributed by atoms with van der Waals surface area (Å²) in [6, 6.07) is 3.56. The predicted octanol–water partition coefficient (Wildman–Crippen LogP) is 1.37. The molecule has 1 fully saturated rings. The molecule has 0 saturated carbocycles. The summed E-state index contributed by atoms with van der Waals surface area (Å²) in [5, 5.41) is 13.0. The summed E-state index contributed by atoms with van der Waals surface area (Å²) >= 11 is 0. The maximum atomic E-state index is 9.72. The Morgan fingerprint density at radius 1 is 1.50 bits per heavy atom. The van der Waals surface area contributed by atoms with E-state index in [0.717, 1.165) is 30.0 Å². The van der Waals surface area contributed by atoms with Gasteiger partial charge in [-0.05, 0) is 24.6 Å².